The Labute approximate surface area is 231 Å². The number of hydrogen-bond acceptors (Lipinski definition) is 7. The van der Waals surface area contributed by atoms with Gasteiger partial charge in [0, 0.05) is 36.9 Å². The second-order valence-corrected chi connectivity index (χ2v) is 11.4. The Morgan fingerprint density at radius 1 is 1.15 bits per heavy atom. The van der Waals surface area contributed by atoms with Gasteiger partial charge in [-0.25, -0.2) is 13.6 Å². The summed E-state index contributed by atoms with van der Waals surface area (Å²) in [5.74, 6) is 0.353. The number of carbonyl (C=O) groups is 2. The van der Waals surface area contributed by atoms with E-state index in [9.17, 15) is 23.2 Å². The van der Waals surface area contributed by atoms with Crippen LogP contribution in [0.1, 0.15) is 80.4 Å². The van der Waals surface area contributed by atoms with E-state index in [4.69, 9.17) is 14.2 Å². The third-order valence-corrected chi connectivity index (χ3v) is 8.09. The molecule has 11 heteroatoms. The lowest BCUT2D eigenvalue weighted by Gasteiger charge is -2.44. The molecule has 1 aromatic carbocycles. The van der Waals surface area contributed by atoms with Crippen LogP contribution < -0.4 is 20.5 Å². The van der Waals surface area contributed by atoms with E-state index in [1.54, 1.807) is 13.3 Å². The summed E-state index contributed by atoms with van der Waals surface area (Å²) in [6.07, 6.45) is 0.853. The van der Waals surface area contributed by atoms with E-state index in [0.29, 0.717) is 17.9 Å². The molecule has 0 unspecified atom stereocenters. The Kier molecular flexibility index (Phi) is 7.37. The van der Waals surface area contributed by atoms with Crippen molar-refractivity contribution >= 4 is 11.9 Å². The molecule has 1 amide bonds. The summed E-state index contributed by atoms with van der Waals surface area (Å²) in [4.78, 5) is 36.9. The highest BCUT2D eigenvalue weighted by atomic mass is 19.3. The highest BCUT2D eigenvalue weighted by molar-refractivity contribution is 5.94. The van der Waals surface area contributed by atoms with Gasteiger partial charge in [0.1, 0.15) is 11.3 Å². The summed E-state index contributed by atoms with van der Waals surface area (Å²) in [5.41, 5.74) is 1.58. The first-order valence-corrected chi connectivity index (χ1v) is 13.6. The van der Waals surface area contributed by atoms with Gasteiger partial charge in [-0.1, -0.05) is 0 Å². The largest absolute Gasteiger partial charge is 0.493 e. The predicted octanol–water partition coefficient (Wildman–Crippen LogP) is 4.72. The van der Waals surface area contributed by atoms with Gasteiger partial charge in [-0.3, -0.25) is 19.3 Å². The van der Waals surface area contributed by atoms with Crippen molar-refractivity contribution in [1.82, 2.24) is 9.99 Å². The number of alkyl halides is 2. The van der Waals surface area contributed by atoms with Gasteiger partial charge in [0.05, 0.1) is 42.7 Å². The van der Waals surface area contributed by atoms with E-state index in [-0.39, 0.29) is 61.0 Å². The summed E-state index contributed by atoms with van der Waals surface area (Å²) >= 11 is 0. The van der Waals surface area contributed by atoms with E-state index in [0.717, 1.165) is 29.5 Å². The molecule has 2 fully saturated rings. The number of ether oxygens (including phenoxy) is 3. The minimum Gasteiger partial charge on any atom is -0.493 e. The van der Waals surface area contributed by atoms with Crippen molar-refractivity contribution in [3.05, 3.63) is 51.3 Å². The van der Waals surface area contributed by atoms with E-state index in [1.165, 1.54) is 13.0 Å². The summed E-state index contributed by atoms with van der Waals surface area (Å²) < 4.78 is 44.6. The maximum absolute atomic E-state index is 13.0. The summed E-state index contributed by atoms with van der Waals surface area (Å²) in [6, 6.07) is 5.50. The highest BCUT2D eigenvalue weighted by Crippen LogP contribution is 2.49. The molecule has 1 saturated heterocycles. The highest BCUT2D eigenvalue weighted by Gasteiger charge is 2.52. The number of hydrogen-bond donors (Lipinski definition) is 1. The number of nitrogens with one attached hydrogen (secondary N) is 1. The second kappa shape index (κ2) is 10.5. The molecule has 1 atom stereocenters. The zero-order valence-corrected chi connectivity index (χ0v) is 23.2. The van der Waals surface area contributed by atoms with Crippen LogP contribution in [0.4, 0.5) is 13.6 Å². The van der Waals surface area contributed by atoms with Gasteiger partial charge in [-0.05, 0) is 64.2 Å². The zero-order valence-electron chi connectivity index (χ0n) is 23.2. The first-order chi connectivity index (χ1) is 19.0. The SMILES string of the molecule is COCc1cc2c(cc1OCCCOC(=O)NC1(C(F)F)CC1)[C@H]1CCC(C)(C)N1n1cc(C(C)=O)c(=O)cc1-2. The van der Waals surface area contributed by atoms with Crippen LogP contribution in [0.2, 0.25) is 0 Å². The summed E-state index contributed by atoms with van der Waals surface area (Å²) in [7, 11) is 1.58. The van der Waals surface area contributed by atoms with Gasteiger partial charge in [-0.2, -0.15) is 0 Å². The number of fused-ring (bicyclic) bond motifs is 6. The predicted molar refractivity (Wildman–Crippen MR) is 144 cm³/mol. The monoisotopic (exact) mass is 559 g/mol. The molecule has 1 N–H and O–H groups in total. The van der Waals surface area contributed by atoms with Crippen LogP contribution in [0.5, 0.6) is 5.75 Å². The van der Waals surface area contributed by atoms with Gasteiger partial charge in [0.15, 0.2) is 11.2 Å². The fraction of sp³-hybridized carbons (Fsp3) is 0.552. The van der Waals surface area contributed by atoms with Gasteiger partial charge < -0.3 is 19.5 Å². The molecule has 5 rings (SSSR count). The lowest BCUT2D eigenvalue weighted by atomic mass is 9.92. The van der Waals surface area contributed by atoms with Crippen LogP contribution in [-0.2, 0) is 16.1 Å². The van der Waals surface area contributed by atoms with E-state index in [1.807, 2.05) is 16.8 Å². The quantitative estimate of drug-likeness (QED) is 0.332. The van der Waals surface area contributed by atoms with Gasteiger partial charge >= 0.3 is 6.09 Å². The molecule has 40 heavy (non-hydrogen) atoms. The Hall–Kier alpha value is -3.47. The van der Waals surface area contributed by atoms with Crippen molar-refractivity contribution in [3.63, 3.8) is 0 Å². The van der Waals surface area contributed by atoms with E-state index < -0.39 is 18.1 Å². The number of halogens is 2. The molecule has 9 nitrogen and oxygen atoms in total. The number of benzene rings is 1. The van der Waals surface area contributed by atoms with Gasteiger partial charge in [0.25, 0.3) is 6.43 Å². The summed E-state index contributed by atoms with van der Waals surface area (Å²) in [5, 5.41) is 4.50. The molecule has 1 aromatic heterocycles. The molecule has 0 spiro atoms. The normalized spacial score (nSPS) is 19.5. The molecule has 1 aliphatic carbocycles. The fourth-order valence-electron chi connectivity index (χ4n) is 5.76. The number of aromatic nitrogens is 1. The van der Waals surface area contributed by atoms with Crippen molar-refractivity contribution in [2.45, 2.75) is 83.0 Å². The number of pyridine rings is 1. The number of ketones is 1. The van der Waals surface area contributed by atoms with Crippen LogP contribution >= 0.6 is 0 Å². The van der Waals surface area contributed by atoms with Gasteiger partial charge in [-0.15, -0.1) is 0 Å². The third-order valence-electron chi connectivity index (χ3n) is 8.09. The molecular formula is C29H35F2N3O6. The zero-order chi connectivity index (χ0) is 28.8. The molecule has 3 heterocycles. The summed E-state index contributed by atoms with van der Waals surface area (Å²) in [6.45, 7) is 6.22. The molecular weight excluding hydrogens is 524 g/mol. The van der Waals surface area contributed by atoms with Crippen molar-refractivity contribution in [2.24, 2.45) is 0 Å². The number of rotatable bonds is 10. The van der Waals surface area contributed by atoms with Crippen molar-refractivity contribution in [2.75, 3.05) is 25.3 Å². The average molecular weight is 560 g/mol. The Balaban J connectivity index is 1.37. The van der Waals surface area contributed by atoms with Crippen LogP contribution in [0.25, 0.3) is 11.3 Å². The number of nitrogens with zero attached hydrogens (tertiary/aromatic N) is 2. The number of carbonyl (C=O) groups excluding carboxylic acids is 2. The lowest BCUT2D eigenvalue weighted by Crippen LogP contribution is -2.50. The first kappa shape index (κ1) is 28.1. The molecule has 0 bridgehead atoms. The standard InChI is InChI=1S/C29H35F2N3O6/c1-17(35)21-15-33-23(14-24(21)36)19-12-18(16-38-4)25(13-20(19)22-6-7-28(2,3)34(22)33)39-10-5-11-40-27(37)32-29(8-9-29)26(30)31/h12-15,22,26H,5-11,16H2,1-4H3,(H,32,37)/t22-/m1/s1. The maximum Gasteiger partial charge on any atom is 0.407 e. The topological polar surface area (TPSA) is 99.1 Å². The number of Topliss-reactive ketones (excluding diaryl/α,β-unsaturated/α-hetero) is 1. The van der Waals surface area contributed by atoms with E-state index in [2.05, 4.69) is 24.2 Å². The molecule has 2 aliphatic heterocycles. The van der Waals surface area contributed by atoms with Crippen LogP contribution in [0, 0.1) is 0 Å². The van der Waals surface area contributed by atoms with Gasteiger partial charge in [0.2, 0.25) is 0 Å². The molecule has 1 saturated carbocycles. The number of alkyl carbamates (subject to hydrolysis) is 1. The minimum atomic E-state index is -2.62. The molecule has 216 valence electrons. The Morgan fingerprint density at radius 2 is 1.90 bits per heavy atom. The lowest BCUT2D eigenvalue weighted by molar-refractivity contribution is 0.0733. The number of methoxy groups -OCH3 is 1. The van der Waals surface area contributed by atoms with Crippen LogP contribution in [-0.4, -0.2) is 54.4 Å². The van der Waals surface area contributed by atoms with Crippen molar-refractivity contribution in [3.8, 4) is 17.0 Å². The van der Waals surface area contributed by atoms with Crippen molar-refractivity contribution < 1.29 is 32.6 Å². The third kappa shape index (κ3) is 5.07. The smallest absolute Gasteiger partial charge is 0.407 e. The molecule has 2 aromatic rings. The average Bonchev–Trinajstić information content (AvgIpc) is 3.60. The molecule has 3 aliphatic rings. The second-order valence-electron chi connectivity index (χ2n) is 11.4. The van der Waals surface area contributed by atoms with Crippen molar-refractivity contribution in [1.29, 1.82) is 0 Å². The maximum atomic E-state index is 13.0. The fourth-order valence-corrected chi connectivity index (χ4v) is 5.76. The van der Waals surface area contributed by atoms with Crippen LogP contribution in [0.3, 0.4) is 0 Å². The Bertz CT molecular complexity index is 1380. The minimum absolute atomic E-state index is 0.00960. The van der Waals surface area contributed by atoms with Crippen LogP contribution in [0.15, 0.2) is 29.2 Å². The Morgan fingerprint density at radius 3 is 2.55 bits per heavy atom. The first-order valence-electron chi connectivity index (χ1n) is 13.6. The van der Waals surface area contributed by atoms with E-state index >= 15 is 0 Å². The molecule has 0 radical (unpaired) electrons. The number of amides is 1.